The van der Waals surface area contributed by atoms with Crippen molar-refractivity contribution in [2.24, 2.45) is 0 Å². The molecule has 6 atom stereocenters. The molecule has 0 bridgehead atoms. The minimum Gasteiger partial charge on any atom is -0.396 e. The first-order valence-corrected chi connectivity index (χ1v) is 25.0. The lowest BCUT2D eigenvalue weighted by molar-refractivity contribution is -0.00285. The van der Waals surface area contributed by atoms with Gasteiger partial charge in [0.05, 0.1) is 36.6 Å². The van der Waals surface area contributed by atoms with Crippen LogP contribution in [0.4, 0.5) is 0 Å². The summed E-state index contributed by atoms with van der Waals surface area (Å²) >= 11 is 0. The minimum absolute atomic E-state index is 0.0119. The molecule has 0 radical (unpaired) electrons. The van der Waals surface area contributed by atoms with E-state index < -0.39 is 36.6 Å². The second kappa shape index (κ2) is 44.3. The highest BCUT2D eigenvalue weighted by Gasteiger charge is 2.21. The van der Waals surface area contributed by atoms with Crippen LogP contribution in [0.25, 0.3) is 0 Å². The fourth-order valence-electron chi connectivity index (χ4n) is 8.45. The molecule has 0 fully saturated rings. The molecule has 0 saturated carbocycles. The highest BCUT2D eigenvalue weighted by molar-refractivity contribution is 4.74. The van der Waals surface area contributed by atoms with E-state index in [1.807, 2.05) is 0 Å². The van der Waals surface area contributed by atoms with Crippen LogP contribution in [0, 0.1) is 0 Å². The number of rotatable bonds is 47. The standard InChI is InChI=1S/C49H100O7/c1-2-3-4-5-6-7-8-9-10-11-12-13-14-15-16-17-18-19-20-21-22-23-24-25-26-27-28-29-30-31-32-33-34-35-36-44(51)39-46(53)41-48(55)43-49(56)42-47(54)40-45(52)37-38-50/h44-56H,2-43H2,1H3. The molecule has 0 aromatic carbocycles. The summed E-state index contributed by atoms with van der Waals surface area (Å²) in [5, 5.41) is 69.4. The van der Waals surface area contributed by atoms with Gasteiger partial charge in [-0.15, -0.1) is 0 Å². The molecule has 7 heteroatoms. The van der Waals surface area contributed by atoms with E-state index in [1.54, 1.807) is 0 Å². The molecule has 7 N–H and O–H groups in total. The van der Waals surface area contributed by atoms with Crippen LogP contribution in [0.5, 0.6) is 0 Å². The van der Waals surface area contributed by atoms with Crippen molar-refractivity contribution >= 4 is 0 Å². The van der Waals surface area contributed by atoms with Crippen LogP contribution in [-0.2, 0) is 0 Å². The SMILES string of the molecule is CCCCCCCCCCCCCCCCCCCCCCCCCCCCCCCCCCCCC(O)CC(O)CC(O)CC(O)CC(O)CC(O)CCO. The Bertz CT molecular complexity index is 739. The van der Waals surface area contributed by atoms with Gasteiger partial charge in [0.2, 0.25) is 0 Å². The quantitative estimate of drug-likeness (QED) is 0.0304. The minimum atomic E-state index is -0.957. The number of aliphatic hydroxyl groups excluding tert-OH is 7. The van der Waals surface area contributed by atoms with Crippen LogP contribution in [-0.4, -0.2) is 79.0 Å². The average molecular weight is 801 g/mol. The Balaban J connectivity index is 3.34. The van der Waals surface area contributed by atoms with Crippen molar-refractivity contribution in [3.05, 3.63) is 0 Å². The maximum Gasteiger partial charge on any atom is 0.0589 e. The smallest absolute Gasteiger partial charge is 0.0589 e. The number of unbranched alkanes of at least 4 members (excludes halogenated alkanes) is 33. The average Bonchev–Trinajstić information content (AvgIpc) is 3.14. The van der Waals surface area contributed by atoms with Crippen LogP contribution in [0.2, 0.25) is 0 Å². The molecule has 0 heterocycles. The number of hydrogen-bond acceptors (Lipinski definition) is 7. The van der Waals surface area contributed by atoms with Crippen molar-refractivity contribution in [3.63, 3.8) is 0 Å². The van der Waals surface area contributed by atoms with Gasteiger partial charge >= 0.3 is 0 Å². The Kier molecular flexibility index (Phi) is 44.1. The summed E-state index contributed by atoms with van der Waals surface area (Å²) in [4.78, 5) is 0. The summed E-state index contributed by atoms with van der Waals surface area (Å²) < 4.78 is 0. The van der Waals surface area contributed by atoms with Gasteiger partial charge in [0.25, 0.3) is 0 Å². The molecule has 338 valence electrons. The first kappa shape index (κ1) is 55.7. The lowest BCUT2D eigenvalue weighted by Gasteiger charge is -2.22. The molecule has 0 amide bonds. The first-order valence-electron chi connectivity index (χ1n) is 25.0. The molecule has 6 unspecified atom stereocenters. The summed E-state index contributed by atoms with van der Waals surface area (Å²) in [6.07, 6.45) is 43.5. The molecule has 0 aliphatic carbocycles. The summed E-state index contributed by atoms with van der Waals surface area (Å²) in [7, 11) is 0. The number of aliphatic hydroxyl groups is 7. The van der Waals surface area contributed by atoms with Gasteiger partial charge in [-0.2, -0.15) is 0 Å². The Morgan fingerprint density at radius 2 is 0.411 bits per heavy atom. The summed E-state index contributed by atoms with van der Waals surface area (Å²) in [5.74, 6) is 0. The van der Waals surface area contributed by atoms with Crippen LogP contribution in [0.3, 0.4) is 0 Å². The Labute approximate surface area is 348 Å². The molecule has 7 nitrogen and oxygen atoms in total. The largest absolute Gasteiger partial charge is 0.396 e. The fraction of sp³-hybridized carbons (Fsp3) is 1.00. The summed E-state index contributed by atoms with van der Waals surface area (Å²) in [6.45, 7) is 2.13. The van der Waals surface area contributed by atoms with E-state index in [2.05, 4.69) is 6.92 Å². The van der Waals surface area contributed by atoms with Crippen LogP contribution in [0.15, 0.2) is 0 Å². The zero-order chi connectivity index (χ0) is 41.2. The molecule has 0 aliphatic heterocycles. The third-order valence-electron chi connectivity index (χ3n) is 12.1. The molecular formula is C49H100O7. The predicted octanol–water partition coefficient (Wildman–Crippen LogP) is 12.2. The van der Waals surface area contributed by atoms with E-state index in [0.29, 0.717) is 6.42 Å². The van der Waals surface area contributed by atoms with Gasteiger partial charge in [0, 0.05) is 6.61 Å². The van der Waals surface area contributed by atoms with Crippen molar-refractivity contribution in [1.29, 1.82) is 0 Å². The molecule has 0 aromatic rings. The molecule has 0 rings (SSSR count). The molecule has 0 saturated heterocycles. The normalized spacial score (nSPS) is 15.2. The lowest BCUT2D eigenvalue weighted by atomic mass is 9.96. The highest BCUT2D eigenvalue weighted by Crippen LogP contribution is 2.19. The zero-order valence-electron chi connectivity index (χ0n) is 37.3. The molecule has 0 aromatic heterocycles. The maximum atomic E-state index is 10.3. The van der Waals surface area contributed by atoms with Crippen molar-refractivity contribution in [2.75, 3.05) is 6.61 Å². The Hall–Kier alpha value is -0.280. The van der Waals surface area contributed by atoms with Crippen molar-refractivity contribution in [1.82, 2.24) is 0 Å². The third kappa shape index (κ3) is 43.3. The zero-order valence-corrected chi connectivity index (χ0v) is 37.3. The van der Waals surface area contributed by atoms with E-state index >= 15 is 0 Å². The van der Waals surface area contributed by atoms with Gasteiger partial charge in [-0.3, -0.25) is 0 Å². The van der Waals surface area contributed by atoms with Crippen molar-refractivity contribution in [3.8, 4) is 0 Å². The maximum absolute atomic E-state index is 10.3. The highest BCUT2D eigenvalue weighted by atomic mass is 16.3. The van der Waals surface area contributed by atoms with E-state index in [9.17, 15) is 30.6 Å². The monoisotopic (exact) mass is 801 g/mol. The van der Waals surface area contributed by atoms with Crippen LogP contribution < -0.4 is 0 Å². The third-order valence-corrected chi connectivity index (χ3v) is 12.1. The van der Waals surface area contributed by atoms with Gasteiger partial charge < -0.3 is 35.7 Å². The van der Waals surface area contributed by atoms with Crippen molar-refractivity contribution in [2.45, 2.75) is 307 Å². The van der Waals surface area contributed by atoms with E-state index in [1.165, 1.54) is 205 Å². The summed E-state index contributed by atoms with van der Waals surface area (Å²) in [5.41, 5.74) is 0. The van der Waals surface area contributed by atoms with Crippen molar-refractivity contribution < 1.29 is 35.7 Å². The predicted molar refractivity (Wildman–Crippen MR) is 238 cm³/mol. The fourth-order valence-corrected chi connectivity index (χ4v) is 8.45. The van der Waals surface area contributed by atoms with Crippen LogP contribution >= 0.6 is 0 Å². The number of hydrogen-bond donors (Lipinski definition) is 7. The van der Waals surface area contributed by atoms with Gasteiger partial charge in [-0.05, 0) is 44.9 Å². The first-order chi connectivity index (χ1) is 27.3. The van der Waals surface area contributed by atoms with E-state index in [0.717, 1.165) is 12.8 Å². The second-order valence-electron chi connectivity index (χ2n) is 18.1. The van der Waals surface area contributed by atoms with Gasteiger partial charge in [0.15, 0.2) is 0 Å². The molecule has 0 spiro atoms. The second-order valence-corrected chi connectivity index (χ2v) is 18.1. The lowest BCUT2D eigenvalue weighted by Crippen LogP contribution is -2.29. The Morgan fingerprint density at radius 1 is 0.232 bits per heavy atom. The van der Waals surface area contributed by atoms with Crippen LogP contribution in [0.1, 0.15) is 270 Å². The van der Waals surface area contributed by atoms with E-state index in [-0.39, 0.29) is 45.1 Å². The van der Waals surface area contributed by atoms with Gasteiger partial charge in [-0.25, -0.2) is 0 Å². The molecular weight excluding hydrogens is 701 g/mol. The summed E-state index contributed by atoms with van der Waals surface area (Å²) in [6, 6.07) is 0. The Morgan fingerprint density at radius 3 is 0.625 bits per heavy atom. The topological polar surface area (TPSA) is 142 Å². The molecule has 56 heavy (non-hydrogen) atoms. The van der Waals surface area contributed by atoms with E-state index in [4.69, 9.17) is 5.11 Å². The van der Waals surface area contributed by atoms with Gasteiger partial charge in [0.1, 0.15) is 0 Å². The molecule has 0 aliphatic rings. The van der Waals surface area contributed by atoms with Gasteiger partial charge in [-0.1, -0.05) is 225 Å².